The predicted octanol–water partition coefficient (Wildman–Crippen LogP) is 2.66. The maximum absolute atomic E-state index is 12.8. The molecule has 1 aromatic carbocycles. The summed E-state index contributed by atoms with van der Waals surface area (Å²) in [7, 11) is 0. The Morgan fingerprint density at radius 3 is 2.50 bits per heavy atom. The van der Waals surface area contributed by atoms with E-state index >= 15 is 0 Å². The molecule has 2 aromatic rings. The predicted molar refractivity (Wildman–Crippen MR) is 102 cm³/mol. The third-order valence-electron chi connectivity index (χ3n) is 5.83. The Balaban J connectivity index is 1.40. The van der Waals surface area contributed by atoms with E-state index < -0.39 is 5.97 Å². The van der Waals surface area contributed by atoms with E-state index in [1.54, 1.807) is 47.5 Å². The molecule has 2 fully saturated rings. The minimum Gasteiger partial charge on any atom is -0.481 e. The van der Waals surface area contributed by atoms with E-state index in [9.17, 15) is 19.5 Å². The van der Waals surface area contributed by atoms with Gasteiger partial charge in [-0.3, -0.25) is 19.4 Å². The van der Waals surface area contributed by atoms with Crippen molar-refractivity contribution < 1.29 is 19.5 Å². The van der Waals surface area contributed by atoms with Crippen molar-refractivity contribution in [1.82, 2.24) is 9.88 Å². The number of benzene rings is 1. The zero-order valence-corrected chi connectivity index (χ0v) is 15.3. The van der Waals surface area contributed by atoms with Crippen LogP contribution in [0, 0.1) is 11.3 Å². The summed E-state index contributed by atoms with van der Waals surface area (Å²) in [5, 5.41) is 12.0. The summed E-state index contributed by atoms with van der Waals surface area (Å²) in [6.07, 6.45) is 5.26. The van der Waals surface area contributed by atoms with Gasteiger partial charge < -0.3 is 15.3 Å². The van der Waals surface area contributed by atoms with Crippen molar-refractivity contribution in [3.63, 3.8) is 0 Å². The van der Waals surface area contributed by atoms with Gasteiger partial charge in [-0.2, -0.15) is 0 Å². The Bertz CT molecular complexity index is 920. The topological polar surface area (TPSA) is 99.6 Å². The van der Waals surface area contributed by atoms with Gasteiger partial charge in [-0.15, -0.1) is 0 Å². The molecule has 144 valence electrons. The number of nitrogens with one attached hydrogen (secondary N) is 1. The monoisotopic (exact) mass is 379 g/mol. The minimum atomic E-state index is -0.725. The van der Waals surface area contributed by atoms with E-state index in [0.29, 0.717) is 29.9 Å². The Hall–Kier alpha value is -3.22. The number of aromatic nitrogens is 1. The molecule has 1 aromatic heterocycles. The summed E-state index contributed by atoms with van der Waals surface area (Å²) in [6, 6.07) is 10.2. The fraction of sp³-hybridized carbons (Fsp3) is 0.333. The summed E-state index contributed by atoms with van der Waals surface area (Å²) in [5.41, 5.74) is 1.38. The normalized spacial score (nSPS) is 19.9. The molecule has 0 bridgehead atoms. The van der Waals surface area contributed by atoms with Crippen LogP contribution in [-0.2, 0) is 4.79 Å². The summed E-state index contributed by atoms with van der Waals surface area (Å²) >= 11 is 0. The molecule has 1 atom stereocenters. The maximum atomic E-state index is 12.8. The van der Waals surface area contributed by atoms with Crippen LogP contribution in [0.2, 0.25) is 0 Å². The Morgan fingerprint density at radius 2 is 1.86 bits per heavy atom. The highest BCUT2D eigenvalue weighted by atomic mass is 16.4. The Kier molecular flexibility index (Phi) is 4.58. The van der Waals surface area contributed by atoms with Gasteiger partial charge in [-0.05, 0) is 55.0 Å². The molecular formula is C21H21N3O4. The molecule has 2 aliphatic rings. The van der Waals surface area contributed by atoms with Crippen LogP contribution < -0.4 is 5.32 Å². The summed E-state index contributed by atoms with van der Waals surface area (Å²) in [5.74, 6) is -1.36. The number of carbonyl (C=O) groups is 3. The smallest absolute Gasteiger partial charge is 0.307 e. The van der Waals surface area contributed by atoms with Gasteiger partial charge in [0.1, 0.15) is 0 Å². The molecule has 28 heavy (non-hydrogen) atoms. The first kappa shape index (κ1) is 18.2. The first-order valence-electron chi connectivity index (χ1n) is 9.32. The number of amides is 2. The van der Waals surface area contributed by atoms with Gasteiger partial charge in [-0.1, -0.05) is 6.07 Å². The summed E-state index contributed by atoms with van der Waals surface area (Å²) in [4.78, 5) is 42.0. The average Bonchev–Trinajstić information content (AvgIpc) is 3.42. The van der Waals surface area contributed by atoms with Crippen LogP contribution in [0.25, 0.3) is 0 Å². The lowest BCUT2D eigenvalue weighted by molar-refractivity contribution is -0.139. The SMILES string of the molecule is O=C(Nc1cccc(C(=O)N2CCC3(CC2)CC3C(=O)O)c1)c1cccnc1. The van der Waals surface area contributed by atoms with Crippen LogP contribution in [0.3, 0.4) is 0 Å². The van der Waals surface area contributed by atoms with Crippen LogP contribution in [0.4, 0.5) is 5.69 Å². The fourth-order valence-electron chi connectivity index (χ4n) is 4.02. The van der Waals surface area contributed by atoms with Gasteiger partial charge in [0.05, 0.1) is 11.5 Å². The molecular weight excluding hydrogens is 358 g/mol. The van der Waals surface area contributed by atoms with Crippen molar-refractivity contribution in [2.24, 2.45) is 11.3 Å². The van der Waals surface area contributed by atoms with Gasteiger partial charge in [0.15, 0.2) is 0 Å². The van der Waals surface area contributed by atoms with Crippen molar-refractivity contribution in [3.8, 4) is 0 Å². The number of hydrogen-bond acceptors (Lipinski definition) is 4. The van der Waals surface area contributed by atoms with Crippen molar-refractivity contribution >= 4 is 23.5 Å². The Labute approximate surface area is 162 Å². The largest absolute Gasteiger partial charge is 0.481 e. The standard InChI is InChI=1S/C21H21N3O4/c25-18(15-4-2-8-22-13-15)23-16-5-1-3-14(11-16)19(26)24-9-6-21(7-10-24)12-17(21)20(27)28/h1-5,8,11,13,17H,6-7,9-10,12H2,(H,23,25)(H,27,28). The second kappa shape index (κ2) is 7.07. The van der Waals surface area contributed by atoms with Gasteiger partial charge in [0.2, 0.25) is 0 Å². The number of carboxylic acids is 1. The zero-order valence-electron chi connectivity index (χ0n) is 15.3. The second-order valence-electron chi connectivity index (χ2n) is 7.53. The number of aliphatic carboxylic acids is 1. The molecule has 4 rings (SSSR count). The molecule has 1 aliphatic heterocycles. The van der Waals surface area contributed by atoms with Gasteiger partial charge in [-0.25, -0.2) is 0 Å². The molecule has 7 nitrogen and oxygen atoms in total. The van der Waals surface area contributed by atoms with E-state index in [1.165, 1.54) is 6.20 Å². The van der Waals surface area contributed by atoms with Gasteiger partial charge in [0.25, 0.3) is 11.8 Å². The third-order valence-corrected chi connectivity index (χ3v) is 5.83. The van der Waals surface area contributed by atoms with Crippen molar-refractivity contribution in [1.29, 1.82) is 0 Å². The van der Waals surface area contributed by atoms with Crippen molar-refractivity contribution in [2.45, 2.75) is 19.3 Å². The lowest BCUT2D eigenvalue weighted by Crippen LogP contribution is -2.40. The molecule has 1 saturated heterocycles. The first-order valence-corrected chi connectivity index (χ1v) is 9.32. The number of piperidine rings is 1. The van der Waals surface area contributed by atoms with Crippen LogP contribution in [-0.4, -0.2) is 45.9 Å². The number of likely N-dealkylation sites (tertiary alicyclic amines) is 1. The van der Waals surface area contributed by atoms with Crippen molar-refractivity contribution in [2.75, 3.05) is 18.4 Å². The van der Waals surface area contributed by atoms with E-state index in [4.69, 9.17) is 0 Å². The highest BCUT2D eigenvalue weighted by Crippen LogP contribution is 2.59. The Morgan fingerprint density at radius 1 is 1.11 bits per heavy atom. The molecule has 2 heterocycles. The number of nitrogens with zero attached hydrogens (tertiary/aromatic N) is 2. The third kappa shape index (κ3) is 3.47. The molecule has 2 N–H and O–H groups in total. The highest BCUT2D eigenvalue weighted by Gasteiger charge is 2.59. The quantitative estimate of drug-likeness (QED) is 0.851. The maximum Gasteiger partial charge on any atom is 0.307 e. The lowest BCUT2D eigenvalue weighted by Gasteiger charge is -2.32. The minimum absolute atomic E-state index is 0.0974. The van der Waals surface area contributed by atoms with Gasteiger partial charge >= 0.3 is 5.97 Å². The number of anilines is 1. The van der Waals surface area contributed by atoms with E-state index in [-0.39, 0.29) is 23.1 Å². The van der Waals surface area contributed by atoms with E-state index in [1.807, 2.05) is 0 Å². The lowest BCUT2D eigenvalue weighted by atomic mass is 9.90. The average molecular weight is 379 g/mol. The van der Waals surface area contributed by atoms with E-state index in [2.05, 4.69) is 10.3 Å². The number of hydrogen-bond donors (Lipinski definition) is 2. The van der Waals surface area contributed by atoms with Crippen LogP contribution in [0.1, 0.15) is 40.0 Å². The zero-order chi connectivity index (χ0) is 19.7. The van der Waals surface area contributed by atoms with Crippen molar-refractivity contribution in [3.05, 3.63) is 59.9 Å². The number of carbonyl (C=O) groups excluding carboxylic acids is 2. The highest BCUT2D eigenvalue weighted by molar-refractivity contribution is 6.05. The molecule has 1 unspecified atom stereocenters. The first-order chi connectivity index (χ1) is 13.5. The number of rotatable bonds is 4. The number of carboxylic acid groups (broad SMARTS) is 1. The van der Waals surface area contributed by atoms with Crippen LogP contribution in [0.15, 0.2) is 48.8 Å². The number of pyridine rings is 1. The molecule has 0 radical (unpaired) electrons. The molecule has 1 aliphatic carbocycles. The fourth-order valence-corrected chi connectivity index (χ4v) is 4.02. The van der Waals surface area contributed by atoms with Crippen LogP contribution in [0.5, 0.6) is 0 Å². The molecule has 1 spiro atoms. The summed E-state index contributed by atoms with van der Waals surface area (Å²) < 4.78 is 0. The summed E-state index contributed by atoms with van der Waals surface area (Å²) in [6.45, 7) is 1.13. The molecule has 2 amide bonds. The molecule has 7 heteroatoms. The second-order valence-corrected chi connectivity index (χ2v) is 7.53. The van der Waals surface area contributed by atoms with E-state index in [0.717, 1.165) is 19.3 Å². The molecule has 1 saturated carbocycles. The van der Waals surface area contributed by atoms with Crippen LogP contribution >= 0.6 is 0 Å². The van der Waals surface area contributed by atoms with Gasteiger partial charge in [0, 0.05) is 36.7 Å².